The lowest BCUT2D eigenvalue weighted by Gasteiger charge is -2.24. The van der Waals surface area contributed by atoms with E-state index in [2.05, 4.69) is 62.8 Å². The maximum absolute atomic E-state index is 2.48. The SMILES string of the molecule is Cc1cc[n+](C)c(-c2cc(C3CCCCC3)c(C)cc2C)c1. The van der Waals surface area contributed by atoms with Crippen LogP contribution < -0.4 is 4.57 Å². The quantitative estimate of drug-likeness (QED) is 0.674. The van der Waals surface area contributed by atoms with E-state index >= 15 is 0 Å². The van der Waals surface area contributed by atoms with Crippen molar-refractivity contribution in [2.75, 3.05) is 0 Å². The first kappa shape index (κ1) is 15.3. The van der Waals surface area contributed by atoms with Crippen molar-refractivity contribution < 1.29 is 4.57 Å². The van der Waals surface area contributed by atoms with Gasteiger partial charge in [-0.15, -0.1) is 0 Å². The molecule has 0 atom stereocenters. The van der Waals surface area contributed by atoms with Gasteiger partial charge in [0.15, 0.2) is 6.20 Å². The van der Waals surface area contributed by atoms with Crippen LogP contribution in [0.15, 0.2) is 30.5 Å². The number of rotatable bonds is 2. The number of aromatic nitrogens is 1. The Hall–Kier alpha value is -1.63. The Labute approximate surface area is 135 Å². The summed E-state index contributed by atoms with van der Waals surface area (Å²) in [5.74, 6) is 0.767. The molecular formula is C21H28N+. The molecule has 0 amide bonds. The molecule has 1 nitrogen and oxygen atoms in total. The van der Waals surface area contributed by atoms with Gasteiger partial charge in [0, 0.05) is 17.7 Å². The predicted octanol–water partition coefficient (Wildman–Crippen LogP) is 5.15. The summed E-state index contributed by atoms with van der Waals surface area (Å²) >= 11 is 0. The monoisotopic (exact) mass is 294 g/mol. The van der Waals surface area contributed by atoms with Crippen LogP contribution in [0.1, 0.15) is 60.3 Å². The van der Waals surface area contributed by atoms with Crippen molar-refractivity contribution >= 4 is 0 Å². The summed E-state index contributed by atoms with van der Waals surface area (Å²) < 4.78 is 2.25. The Kier molecular flexibility index (Phi) is 4.33. The minimum Gasteiger partial charge on any atom is -0.201 e. The predicted molar refractivity (Wildman–Crippen MR) is 93.1 cm³/mol. The first-order valence-corrected chi connectivity index (χ1v) is 8.64. The van der Waals surface area contributed by atoms with Gasteiger partial charge in [-0.25, -0.2) is 4.57 Å². The minimum atomic E-state index is 0.767. The third-order valence-corrected chi connectivity index (χ3v) is 5.24. The molecule has 0 N–H and O–H groups in total. The third kappa shape index (κ3) is 2.95. The smallest absolute Gasteiger partial charge is 0.201 e. The van der Waals surface area contributed by atoms with E-state index in [9.17, 15) is 0 Å². The topological polar surface area (TPSA) is 3.88 Å². The first-order valence-electron chi connectivity index (χ1n) is 8.64. The maximum atomic E-state index is 2.48. The van der Waals surface area contributed by atoms with E-state index in [1.807, 2.05) is 0 Å². The largest absolute Gasteiger partial charge is 0.212 e. The number of hydrogen-bond acceptors (Lipinski definition) is 0. The fraction of sp³-hybridized carbons (Fsp3) is 0.476. The average molecular weight is 294 g/mol. The Bertz CT molecular complexity index is 679. The lowest BCUT2D eigenvalue weighted by Crippen LogP contribution is -2.30. The molecule has 3 rings (SSSR count). The van der Waals surface area contributed by atoms with Crippen molar-refractivity contribution in [2.45, 2.75) is 58.8 Å². The van der Waals surface area contributed by atoms with Crippen molar-refractivity contribution in [2.24, 2.45) is 7.05 Å². The lowest BCUT2D eigenvalue weighted by molar-refractivity contribution is -0.660. The van der Waals surface area contributed by atoms with E-state index in [1.54, 1.807) is 5.56 Å². The van der Waals surface area contributed by atoms with Crippen LogP contribution in [0.25, 0.3) is 11.3 Å². The van der Waals surface area contributed by atoms with Gasteiger partial charge in [0.05, 0.1) is 0 Å². The summed E-state index contributed by atoms with van der Waals surface area (Å²) in [6.07, 6.45) is 9.11. The van der Waals surface area contributed by atoms with Crippen LogP contribution in [0.3, 0.4) is 0 Å². The minimum absolute atomic E-state index is 0.767. The third-order valence-electron chi connectivity index (χ3n) is 5.24. The zero-order chi connectivity index (χ0) is 15.7. The number of pyridine rings is 1. The van der Waals surface area contributed by atoms with Crippen molar-refractivity contribution in [3.8, 4) is 11.3 Å². The zero-order valence-corrected chi connectivity index (χ0v) is 14.4. The molecule has 0 radical (unpaired) electrons. The van der Waals surface area contributed by atoms with Gasteiger partial charge in [0.25, 0.3) is 0 Å². The average Bonchev–Trinajstić information content (AvgIpc) is 2.51. The van der Waals surface area contributed by atoms with Gasteiger partial charge in [0.2, 0.25) is 5.69 Å². The Morgan fingerprint density at radius 3 is 2.36 bits per heavy atom. The second-order valence-electron chi connectivity index (χ2n) is 7.06. The van der Waals surface area contributed by atoms with Crippen LogP contribution in [-0.2, 0) is 7.05 Å². The highest BCUT2D eigenvalue weighted by molar-refractivity contribution is 5.64. The van der Waals surface area contributed by atoms with Gasteiger partial charge in [-0.3, -0.25) is 0 Å². The van der Waals surface area contributed by atoms with Crippen LogP contribution in [-0.4, -0.2) is 0 Å². The molecule has 2 aromatic rings. The van der Waals surface area contributed by atoms with E-state index in [1.165, 1.54) is 60.1 Å². The molecular weight excluding hydrogens is 266 g/mol. The van der Waals surface area contributed by atoms with Crippen LogP contribution in [0.5, 0.6) is 0 Å². The van der Waals surface area contributed by atoms with Crippen LogP contribution in [0.4, 0.5) is 0 Å². The number of benzene rings is 1. The molecule has 0 unspecified atom stereocenters. The van der Waals surface area contributed by atoms with Gasteiger partial charge in [-0.05, 0) is 67.9 Å². The Morgan fingerprint density at radius 1 is 0.909 bits per heavy atom. The van der Waals surface area contributed by atoms with Gasteiger partial charge in [0.1, 0.15) is 7.05 Å². The summed E-state index contributed by atoms with van der Waals surface area (Å²) in [6, 6.07) is 9.36. The second kappa shape index (κ2) is 6.24. The molecule has 1 heteroatoms. The van der Waals surface area contributed by atoms with Crippen molar-refractivity contribution in [1.82, 2.24) is 0 Å². The lowest BCUT2D eigenvalue weighted by atomic mass is 9.81. The zero-order valence-electron chi connectivity index (χ0n) is 14.4. The Morgan fingerprint density at radius 2 is 1.64 bits per heavy atom. The molecule has 0 aliphatic heterocycles. The Balaban J connectivity index is 2.09. The first-order chi connectivity index (χ1) is 10.6. The second-order valence-corrected chi connectivity index (χ2v) is 7.06. The standard InChI is InChI=1S/C21H28N/c1-15-10-11-22(4)21(12-15)20-14-19(16(2)13-17(20)3)18-8-6-5-7-9-18/h10-14,18H,5-9H2,1-4H3/q+1. The molecule has 1 saturated carbocycles. The van der Waals surface area contributed by atoms with E-state index in [0.29, 0.717) is 0 Å². The van der Waals surface area contributed by atoms with E-state index < -0.39 is 0 Å². The van der Waals surface area contributed by atoms with Gasteiger partial charge in [-0.1, -0.05) is 25.3 Å². The molecule has 0 bridgehead atoms. The highest BCUT2D eigenvalue weighted by Crippen LogP contribution is 2.37. The summed E-state index contributed by atoms with van der Waals surface area (Å²) in [6.45, 7) is 6.71. The normalized spacial score (nSPS) is 16.0. The number of hydrogen-bond donors (Lipinski definition) is 0. The molecule has 0 saturated heterocycles. The van der Waals surface area contributed by atoms with Crippen molar-refractivity contribution in [3.63, 3.8) is 0 Å². The van der Waals surface area contributed by atoms with Gasteiger partial charge in [-0.2, -0.15) is 0 Å². The van der Waals surface area contributed by atoms with E-state index in [0.717, 1.165) is 5.92 Å². The summed E-state index contributed by atoms with van der Waals surface area (Å²) in [5, 5.41) is 0. The molecule has 1 aromatic heterocycles. The molecule has 1 heterocycles. The van der Waals surface area contributed by atoms with Crippen LogP contribution >= 0.6 is 0 Å². The maximum Gasteiger partial charge on any atom is 0.212 e. The molecule has 1 aliphatic carbocycles. The summed E-state index contributed by atoms with van der Waals surface area (Å²) in [7, 11) is 2.15. The molecule has 1 fully saturated rings. The summed E-state index contributed by atoms with van der Waals surface area (Å²) in [4.78, 5) is 0. The molecule has 22 heavy (non-hydrogen) atoms. The molecule has 116 valence electrons. The van der Waals surface area contributed by atoms with Crippen LogP contribution in [0, 0.1) is 20.8 Å². The molecule has 0 spiro atoms. The fourth-order valence-electron chi connectivity index (χ4n) is 3.94. The van der Waals surface area contributed by atoms with Crippen molar-refractivity contribution in [1.29, 1.82) is 0 Å². The number of aryl methyl sites for hydroxylation is 4. The summed E-state index contributed by atoms with van der Waals surface area (Å²) in [5.41, 5.74) is 8.50. The molecule has 1 aromatic carbocycles. The number of nitrogens with zero attached hydrogens (tertiary/aromatic N) is 1. The van der Waals surface area contributed by atoms with Gasteiger partial charge >= 0.3 is 0 Å². The highest BCUT2D eigenvalue weighted by atomic mass is 14.9. The fourth-order valence-corrected chi connectivity index (χ4v) is 3.94. The van der Waals surface area contributed by atoms with Crippen molar-refractivity contribution in [3.05, 3.63) is 52.7 Å². The van der Waals surface area contributed by atoms with Gasteiger partial charge < -0.3 is 0 Å². The molecule has 1 aliphatic rings. The van der Waals surface area contributed by atoms with E-state index in [-0.39, 0.29) is 0 Å². The highest BCUT2D eigenvalue weighted by Gasteiger charge is 2.21. The van der Waals surface area contributed by atoms with Crippen LogP contribution in [0.2, 0.25) is 0 Å². The van der Waals surface area contributed by atoms with E-state index in [4.69, 9.17) is 0 Å².